The van der Waals surface area contributed by atoms with Crippen molar-refractivity contribution in [1.82, 2.24) is 0 Å². The third kappa shape index (κ3) is 3.33. The van der Waals surface area contributed by atoms with Crippen LogP contribution in [0.4, 0.5) is 5.69 Å². The second-order valence-electron chi connectivity index (χ2n) is 3.88. The molecule has 0 amide bonds. The molecule has 0 aliphatic heterocycles. The van der Waals surface area contributed by atoms with E-state index in [-0.39, 0.29) is 17.3 Å². The highest BCUT2D eigenvalue weighted by Gasteiger charge is 2.13. The fourth-order valence-corrected chi connectivity index (χ4v) is 2.26. The number of benzene rings is 2. The minimum absolute atomic E-state index is 0.0783. The van der Waals surface area contributed by atoms with Gasteiger partial charge in [-0.1, -0.05) is 46.9 Å². The van der Waals surface area contributed by atoms with Crippen LogP contribution in [0, 0.1) is 10.1 Å². The summed E-state index contributed by atoms with van der Waals surface area (Å²) in [5.41, 5.74) is 0.426. The number of nitro benzene ring substituents is 1. The van der Waals surface area contributed by atoms with E-state index in [1.54, 1.807) is 24.3 Å². The molecule has 2 aromatic carbocycles. The van der Waals surface area contributed by atoms with Crippen molar-refractivity contribution in [2.24, 2.45) is 0 Å². The van der Waals surface area contributed by atoms with Gasteiger partial charge in [0.2, 0.25) is 0 Å². The molecule has 2 rings (SSSR count). The van der Waals surface area contributed by atoms with Crippen LogP contribution in [-0.4, -0.2) is 4.92 Å². The minimum atomic E-state index is -0.547. The van der Waals surface area contributed by atoms with Gasteiger partial charge in [0.15, 0.2) is 5.75 Å². The molecule has 104 valence electrons. The standard InChI is InChI=1S/C13H8Cl3NO3/c14-9-5-4-8(6-12(9)17(18)19)7-20-13-10(15)2-1-3-11(13)16/h1-6H,7H2. The van der Waals surface area contributed by atoms with Gasteiger partial charge in [-0.05, 0) is 23.8 Å². The van der Waals surface area contributed by atoms with Gasteiger partial charge in [0, 0.05) is 6.07 Å². The normalized spacial score (nSPS) is 10.3. The van der Waals surface area contributed by atoms with Gasteiger partial charge in [-0.25, -0.2) is 0 Å². The maximum absolute atomic E-state index is 10.8. The van der Waals surface area contributed by atoms with Gasteiger partial charge in [-0.3, -0.25) is 10.1 Å². The van der Waals surface area contributed by atoms with Gasteiger partial charge in [0.25, 0.3) is 5.69 Å². The quantitative estimate of drug-likeness (QED) is 0.576. The van der Waals surface area contributed by atoms with E-state index in [2.05, 4.69) is 0 Å². The number of nitrogens with zero attached hydrogens (tertiary/aromatic N) is 1. The van der Waals surface area contributed by atoms with Crippen molar-refractivity contribution in [3.8, 4) is 5.75 Å². The first-order chi connectivity index (χ1) is 9.49. The zero-order chi connectivity index (χ0) is 14.7. The monoisotopic (exact) mass is 331 g/mol. The fraction of sp³-hybridized carbons (Fsp3) is 0.0769. The van der Waals surface area contributed by atoms with E-state index in [9.17, 15) is 10.1 Å². The van der Waals surface area contributed by atoms with Crippen molar-refractivity contribution in [3.05, 3.63) is 67.1 Å². The van der Waals surface area contributed by atoms with Crippen LogP contribution in [0.5, 0.6) is 5.75 Å². The van der Waals surface area contributed by atoms with Crippen molar-refractivity contribution in [1.29, 1.82) is 0 Å². The van der Waals surface area contributed by atoms with Crippen LogP contribution >= 0.6 is 34.8 Å². The third-order valence-corrected chi connectivity index (χ3v) is 3.42. The summed E-state index contributed by atoms with van der Waals surface area (Å²) in [6, 6.07) is 9.44. The highest BCUT2D eigenvalue weighted by molar-refractivity contribution is 6.37. The smallest absolute Gasteiger partial charge is 0.288 e. The Balaban J connectivity index is 2.19. The Morgan fingerprint density at radius 2 is 1.70 bits per heavy atom. The van der Waals surface area contributed by atoms with Gasteiger partial charge in [-0.15, -0.1) is 0 Å². The number of halogens is 3. The van der Waals surface area contributed by atoms with E-state index < -0.39 is 4.92 Å². The minimum Gasteiger partial charge on any atom is -0.486 e. The summed E-state index contributed by atoms with van der Waals surface area (Å²) in [5.74, 6) is 0.341. The molecule has 0 spiro atoms. The molecule has 0 atom stereocenters. The highest BCUT2D eigenvalue weighted by atomic mass is 35.5. The van der Waals surface area contributed by atoms with Crippen LogP contribution in [0.3, 0.4) is 0 Å². The first kappa shape index (κ1) is 14.9. The molecule has 4 nitrogen and oxygen atoms in total. The molecular weight excluding hydrogens is 325 g/mol. The van der Waals surface area contributed by atoms with Gasteiger partial charge >= 0.3 is 0 Å². The van der Waals surface area contributed by atoms with Crippen molar-refractivity contribution in [3.63, 3.8) is 0 Å². The molecule has 0 heterocycles. The Morgan fingerprint density at radius 3 is 2.30 bits per heavy atom. The molecular formula is C13H8Cl3NO3. The van der Waals surface area contributed by atoms with E-state index in [0.29, 0.717) is 21.4 Å². The van der Waals surface area contributed by atoms with Gasteiger partial charge in [-0.2, -0.15) is 0 Å². The molecule has 0 N–H and O–H groups in total. The van der Waals surface area contributed by atoms with Crippen LogP contribution in [0.25, 0.3) is 0 Å². The lowest BCUT2D eigenvalue weighted by molar-refractivity contribution is -0.384. The van der Waals surface area contributed by atoms with Crippen LogP contribution in [0.1, 0.15) is 5.56 Å². The Hall–Kier alpha value is -1.49. The lowest BCUT2D eigenvalue weighted by Crippen LogP contribution is -1.98. The molecule has 0 aliphatic carbocycles. The van der Waals surface area contributed by atoms with Crippen molar-refractivity contribution in [2.45, 2.75) is 6.61 Å². The molecule has 0 unspecified atom stereocenters. The molecule has 0 saturated heterocycles. The SMILES string of the molecule is O=[N+]([O-])c1cc(COc2c(Cl)cccc2Cl)ccc1Cl. The molecule has 2 aromatic rings. The van der Waals surface area contributed by atoms with Crippen LogP contribution < -0.4 is 4.74 Å². The first-order valence-corrected chi connectivity index (χ1v) is 6.62. The number of ether oxygens (including phenoxy) is 1. The number of nitro groups is 1. The maximum Gasteiger partial charge on any atom is 0.288 e. The maximum atomic E-state index is 10.8. The lowest BCUT2D eigenvalue weighted by Gasteiger charge is -2.09. The van der Waals surface area contributed by atoms with Crippen molar-refractivity contribution >= 4 is 40.5 Å². The van der Waals surface area contributed by atoms with Crippen LogP contribution in [-0.2, 0) is 6.61 Å². The first-order valence-electron chi connectivity index (χ1n) is 5.48. The van der Waals surface area contributed by atoms with Crippen LogP contribution in [0.15, 0.2) is 36.4 Å². The molecule has 0 bridgehead atoms. The number of rotatable bonds is 4. The van der Waals surface area contributed by atoms with Gasteiger partial charge in [0.05, 0.1) is 15.0 Å². The second kappa shape index (κ2) is 6.31. The van der Waals surface area contributed by atoms with E-state index >= 15 is 0 Å². The molecule has 20 heavy (non-hydrogen) atoms. The summed E-state index contributed by atoms with van der Waals surface area (Å²) < 4.78 is 5.50. The molecule has 7 heteroatoms. The van der Waals surface area contributed by atoms with E-state index in [0.717, 1.165) is 0 Å². The van der Waals surface area contributed by atoms with Gasteiger partial charge in [0.1, 0.15) is 11.6 Å². The Labute approximate surface area is 130 Å². The summed E-state index contributed by atoms with van der Waals surface area (Å²) in [6.07, 6.45) is 0. The largest absolute Gasteiger partial charge is 0.486 e. The number of hydrogen-bond donors (Lipinski definition) is 0. The molecule has 0 aromatic heterocycles. The molecule has 0 radical (unpaired) electrons. The van der Waals surface area contributed by atoms with Crippen molar-refractivity contribution in [2.75, 3.05) is 0 Å². The lowest BCUT2D eigenvalue weighted by atomic mass is 10.2. The Morgan fingerprint density at radius 1 is 1.05 bits per heavy atom. The summed E-state index contributed by atoms with van der Waals surface area (Å²) in [4.78, 5) is 10.2. The average Bonchev–Trinajstić information content (AvgIpc) is 2.39. The Bertz CT molecular complexity index is 641. The van der Waals surface area contributed by atoms with E-state index in [1.165, 1.54) is 12.1 Å². The predicted molar refractivity (Wildman–Crippen MR) is 78.9 cm³/mol. The van der Waals surface area contributed by atoms with Crippen LogP contribution in [0.2, 0.25) is 15.1 Å². The predicted octanol–water partition coefficient (Wildman–Crippen LogP) is 5.13. The molecule has 0 saturated carbocycles. The third-order valence-electron chi connectivity index (χ3n) is 2.51. The zero-order valence-corrected chi connectivity index (χ0v) is 12.2. The van der Waals surface area contributed by atoms with E-state index in [4.69, 9.17) is 39.5 Å². The van der Waals surface area contributed by atoms with Crippen molar-refractivity contribution < 1.29 is 9.66 Å². The zero-order valence-electron chi connectivity index (χ0n) is 9.98. The summed E-state index contributed by atoms with van der Waals surface area (Å²) in [5, 5.41) is 11.6. The highest BCUT2D eigenvalue weighted by Crippen LogP contribution is 2.33. The summed E-state index contributed by atoms with van der Waals surface area (Å²) in [7, 11) is 0. The number of hydrogen-bond acceptors (Lipinski definition) is 3. The molecule has 0 aliphatic rings. The number of para-hydroxylation sites is 1. The van der Waals surface area contributed by atoms with E-state index in [1.807, 2.05) is 0 Å². The Kier molecular flexibility index (Phi) is 4.70. The average molecular weight is 333 g/mol. The molecule has 0 fully saturated rings. The van der Waals surface area contributed by atoms with Gasteiger partial charge < -0.3 is 4.74 Å². The summed E-state index contributed by atoms with van der Waals surface area (Å²) in [6.45, 7) is 0.0987. The second-order valence-corrected chi connectivity index (χ2v) is 5.10. The topological polar surface area (TPSA) is 52.4 Å². The fourth-order valence-electron chi connectivity index (χ4n) is 1.56. The summed E-state index contributed by atoms with van der Waals surface area (Å²) >= 11 is 17.7.